The van der Waals surface area contributed by atoms with Gasteiger partial charge in [-0.2, -0.15) is 0 Å². The molecule has 0 saturated heterocycles. The number of aryl methyl sites for hydroxylation is 1. The summed E-state index contributed by atoms with van der Waals surface area (Å²) < 4.78 is 5.66. The van der Waals surface area contributed by atoms with Gasteiger partial charge in [0.05, 0.1) is 17.1 Å². The fourth-order valence-electron chi connectivity index (χ4n) is 2.28. The first kappa shape index (κ1) is 18.3. The summed E-state index contributed by atoms with van der Waals surface area (Å²) in [6.45, 7) is 9.29. The van der Waals surface area contributed by atoms with Gasteiger partial charge < -0.3 is 10.1 Å². The Morgan fingerprint density at radius 2 is 1.79 bits per heavy atom. The van der Waals surface area contributed by atoms with E-state index in [1.165, 1.54) is 5.56 Å². The van der Waals surface area contributed by atoms with Crippen molar-refractivity contribution >= 4 is 17.5 Å². The summed E-state index contributed by atoms with van der Waals surface area (Å²) in [5, 5.41) is 3.28. The van der Waals surface area contributed by atoms with E-state index in [2.05, 4.69) is 38.2 Å². The van der Waals surface area contributed by atoms with Crippen molar-refractivity contribution in [2.45, 2.75) is 33.1 Å². The molecular formula is C20H24ClNO2. The molecule has 0 saturated carbocycles. The molecule has 0 radical (unpaired) electrons. The summed E-state index contributed by atoms with van der Waals surface area (Å²) in [6, 6.07) is 13.4. The van der Waals surface area contributed by atoms with E-state index in [1.54, 1.807) is 12.1 Å². The van der Waals surface area contributed by atoms with Gasteiger partial charge in [-0.3, -0.25) is 4.79 Å². The minimum Gasteiger partial charge on any atom is -0.492 e. The molecule has 1 N–H and O–H groups in total. The average Bonchev–Trinajstić information content (AvgIpc) is 2.51. The zero-order valence-corrected chi connectivity index (χ0v) is 15.4. The summed E-state index contributed by atoms with van der Waals surface area (Å²) in [7, 11) is 0. The van der Waals surface area contributed by atoms with Crippen molar-refractivity contribution < 1.29 is 9.53 Å². The fourth-order valence-corrected chi connectivity index (χ4v) is 2.61. The number of hydrogen-bond donors (Lipinski definition) is 1. The van der Waals surface area contributed by atoms with Gasteiger partial charge in [0, 0.05) is 0 Å². The van der Waals surface area contributed by atoms with Gasteiger partial charge >= 0.3 is 0 Å². The molecule has 2 aromatic carbocycles. The minimum absolute atomic E-state index is 0.125. The topological polar surface area (TPSA) is 38.3 Å². The Bertz CT molecular complexity index is 703. The third-order valence-corrected chi connectivity index (χ3v) is 4.06. The Balaban J connectivity index is 1.81. The van der Waals surface area contributed by atoms with E-state index < -0.39 is 0 Å². The highest BCUT2D eigenvalue weighted by Crippen LogP contribution is 2.24. The Hall–Kier alpha value is -2.00. The molecule has 0 aliphatic carbocycles. The zero-order valence-electron chi connectivity index (χ0n) is 14.7. The molecule has 0 unspecified atom stereocenters. The molecule has 0 aliphatic rings. The zero-order chi connectivity index (χ0) is 17.7. The molecule has 0 fully saturated rings. The van der Waals surface area contributed by atoms with Crippen LogP contribution in [0.4, 0.5) is 0 Å². The number of rotatable bonds is 5. The molecule has 0 atom stereocenters. The van der Waals surface area contributed by atoms with Crippen molar-refractivity contribution in [2.75, 3.05) is 13.2 Å². The van der Waals surface area contributed by atoms with Crippen LogP contribution in [0.15, 0.2) is 42.5 Å². The lowest BCUT2D eigenvalue weighted by molar-refractivity contribution is 0.0947. The first-order valence-corrected chi connectivity index (χ1v) is 8.43. The van der Waals surface area contributed by atoms with Gasteiger partial charge in [0.1, 0.15) is 12.4 Å². The molecule has 1 amide bonds. The molecule has 0 bridgehead atoms. The smallest absolute Gasteiger partial charge is 0.252 e. The molecule has 2 aromatic rings. The monoisotopic (exact) mass is 345 g/mol. The van der Waals surface area contributed by atoms with Crippen LogP contribution in [0.1, 0.15) is 42.3 Å². The normalized spacial score (nSPS) is 11.2. The van der Waals surface area contributed by atoms with Gasteiger partial charge in [-0.05, 0) is 47.7 Å². The Kier molecular flexibility index (Phi) is 5.89. The van der Waals surface area contributed by atoms with E-state index in [0.717, 1.165) is 11.3 Å². The molecule has 0 heterocycles. The van der Waals surface area contributed by atoms with Crippen LogP contribution in [0.2, 0.25) is 5.02 Å². The van der Waals surface area contributed by atoms with Crippen LogP contribution in [0, 0.1) is 6.92 Å². The van der Waals surface area contributed by atoms with E-state index in [1.807, 2.05) is 25.1 Å². The number of carbonyl (C=O) groups excluding carboxylic acids is 1. The Labute approximate surface area is 149 Å². The number of nitrogens with one attached hydrogen (secondary N) is 1. The molecular weight excluding hydrogens is 322 g/mol. The summed E-state index contributed by atoms with van der Waals surface area (Å²) in [4.78, 5) is 12.1. The maximum Gasteiger partial charge on any atom is 0.252 e. The van der Waals surface area contributed by atoms with E-state index in [9.17, 15) is 4.79 Å². The van der Waals surface area contributed by atoms with E-state index >= 15 is 0 Å². The van der Waals surface area contributed by atoms with Gasteiger partial charge in [0.2, 0.25) is 0 Å². The second-order valence-corrected chi connectivity index (χ2v) is 7.27. The van der Waals surface area contributed by atoms with Crippen LogP contribution in [0.5, 0.6) is 5.75 Å². The standard InChI is InChI=1S/C20H24ClNO2/c1-14-5-10-17(18(21)13-14)19(23)22-11-12-24-16-8-6-15(7-9-16)20(2,3)4/h5-10,13H,11-12H2,1-4H3,(H,22,23). The van der Waals surface area contributed by atoms with Crippen LogP contribution in [0.3, 0.4) is 0 Å². The molecule has 2 rings (SSSR count). The van der Waals surface area contributed by atoms with Crippen LogP contribution in [0.25, 0.3) is 0 Å². The predicted molar refractivity (Wildman–Crippen MR) is 99.2 cm³/mol. The first-order valence-electron chi connectivity index (χ1n) is 8.05. The van der Waals surface area contributed by atoms with Crippen molar-refractivity contribution in [3.05, 3.63) is 64.2 Å². The first-order chi connectivity index (χ1) is 11.3. The third kappa shape index (κ3) is 5.00. The number of halogens is 1. The Morgan fingerprint density at radius 3 is 2.38 bits per heavy atom. The van der Waals surface area contributed by atoms with Gasteiger partial charge in [-0.1, -0.05) is 50.6 Å². The highest BCUT2D eigenvalue weighted by atomic mass is 35.5. The van der Waals surface area contributed by atoms with Gasteiger partial charge in [-0.15, -0.1) is 0 Å². The molecule has 128 valence electrons. The van der Waals surface area contributed by atoms with Gasteiger partial charge in [-0.25, -0.2) is 0 Å². The van der Waals surface area contributed by atoms with Crippen molar-refractivity contribution in [3.63, 3.8) is 0 Å². The van der Waals surface area contributed by atoms with E-state index in [0.29, 0.717) is 23.7 Å². The second kappa shape index (κ2) is 7.71. The highest BCUT2D eigenvalue weighted by Gasteiger charge is 2.13. The van der Waals surface area contributed by atoms with Gasteiger partial charge in [0.15, 0.2) is 0 Å². The third-order valence-electron chi connectivity index (χ3n) is 3.75. The van der Waals surface area contributed by atoms with Crippen LogP contribution in [-0.4, -0.2) is 19.1 Å². The number of amides is 1. The molecule has 24 heavy (non-hydrogen) atoms. The number of hydrogen-bond acceptors (Lipinski definition) is 2. The lowest BCUT2D eigenvalue weighted by atomic mass is 9.87. The number of benzene rings is 2. The molecule has 0 aromatic heterocycles. The second-order valence-electron chi connectivity index (χ2n) is 6.86. The van der Waals surface area contributed by atoms with E-state index in [-0.39, 0.29) is 11.3 Å². The van der Waals surface area contributed by atoms with Gasteiger partial charge in [0.25, 0.3) is 5.91 Å². The van der Waals surface area contributed by atoms with E-state index in [4.69, 9.17) is 16.3 Å². The van der Waals surface area contributed by atoms with Crippen LogP contribution >= 0.6 is 11.6 Å². The minimum atomic E-state index is -0.188. The molecule has 0 aliphatic heterocycles. The summed E-state index contributed by atoms with van der Waals surface area (Å²) in [6.07, 6.45) is 0. The Morgan fingerprint density at radius 1 is 1.12 bits per heavy atom. The van der Waals surface area contributed by atoms with Crippen molar-refractivity contribution in [1.82, 2.24) is 5.32 Å². The lowest BCUT2D eigenvalue weighted by Crippen LogP contribution is -2.28. The highest BCUT2D eigenvalue weighted by molar-refractivity contribution is 6.33. The lowest BCUT2D eigenvalue weighted by Gasteiger charge is -2.19. The summed E-state index contributed by atoms with van der Waals surface area (Å²) in [5.74, 6) is 0.609. The summed E-state index contributed by atoms with van der Waals surface area (Å²) in [5.41, 5.74) is 2.90. The average molecular weight is 346 g/mol. The van der Waals surface area contributed by atoms with Crippen LogP contribution < -0.4 is 10.1 Å². The SMILES string of the molecule is Cc1ccc(C(=O)NCCOc2ccc(C(C)(C)C)cc2)c(Cl)c1. The molecule has 3 nitrogen and oxygen atoms in total. The maximum atomic E-state index is 12.1. The summed E-state index contributed by atoms with van der Waals surface area (Å²) >= 11 is 6.09. The molecule has 0 spiro atoms. The van der Waals surface area contributed by atoms with Crippen molar-refractivity contribution in [2.24, 2.45) is 0 Å². The number of ether oxygens (including phenoxy) is 1. The largest absolute Gasteiger partial charge is 0.492 e. The maximum absolute atomic E-state index is 12.1. The van der Waals surface area contributed by atoms with Crippen molar-refractivity contribution in [3.8, 4) is 5.75 Å². The van der Waals surface area contributed by atoms with Crippen LogP contribution in [-0.2, 0) is 5.41 Å². The number of carbonyl (C=O) groups is 1. The molecule has 4 heteroatoms. The quantitative estimate of drug-likeness (QED) is 0.794. The fraction of sp³-hybridized carbons (Fsp3) is 0.350. The van der Waals surface area contributed by atoms with Crippen molar-refractivity contribution in [1.29, 1.82) is 0 Å². The predicted octanol–water partition coefficient (Wildman–Crippen LogP) is 4.75.